The zero-order valence-electron chi connectivity index (χ0n) is 11.6. The number of nitrogens with one attached hydrogen (secondary N) is 2. The van der Waals surface area contributed by atoms with Crippen LogP contribution in [0.5, 0.6) is 0 Å². The second-order valence-electron chi connectivity index (χ2n) is 4.07. The van der Waals surface area contributed by atoms with Crippen LogP contribution in [0.1, 0.15) is 25.8 Å². The molecule has 0 spiro atoms. The van der Waals surface area contributed by atoms with E-state index in [9.17, 15) is 0 Å². The molecule has 3 nitrogen and oxygen atoms in total. The Morgan fingerprint density at radius 3 is 2.68 bits per heavy atom. The van der Waals surface area contributed by atoms with Crippen molar-refractivity contribution >= 4 is 41.5 Å². The van der Waals surface area contributed by atoms with Crippen LogP contribution in [-0.2, 0) is 6.42 Å². The quantitative estimate of drug-likeness (QED) is 0.440. The molecular weight excluding hydrogens is 373 g/mol. The van der Waals surface area contributed by atoms with E-state index in [1.807, 2.05) is 18.2 Å². The van der Waals surface area contributed by atoms with Gasteiger partial charge in [0.05, 0.1) is 0 Å². The van der Waals surface area contributed by atoms with Gasteiger partial charge in [-0.2, -0.15) is 0 Å². The van der Waals surface area contributed by atoms with Crippen molar-refractivity contribution in [3.63, 3.8) is 0 Å². The van der Waals surface area contributed by atoms with Gasteiger partial charge < -0.3 is 10.6 Å². The number of benzene rings is 1. The molecule has 1 rings (SSSR count). The first-order valence-corrected chi connectivity index (χ1v) is 6.90. The first-order valence-electron chi connectivity index (χ1n) is 6.53. The molecule has 1 aromatic rings. The molecule has 0 fully saturated rings. The van der Waals surface area contributed by atoms with Crippen molar-refractivity contribution in [2.75, 3.05) is 19.6 Å². The third-order valence-corrected chi connectivity index (χ3v) is 2.67. The Labute approximate surface area is 138 Å². The molecule has 0 aliphatic rings. The predicted octanol–water partition coefficient (Wildman–Crippen LogP) is 3.47. The Bertz CT molecular complexity index is 383. The fraction of sp³-hybridized carbons (Fsp3) is 0.500. The maximum Gasteiger partial charge on any atom is 0.191 e. The fourth-order valence-corrected chi connectivity index (χ4v) is 1.80. The van der Waals surface area contributed by atoms with Crippen LogP contribution < -0.4 is 10.6 Å². The summed E-state index contributed by atoms with van der Waals surface area (Å²) in [5.74, 6) is 0.890. The Balaban J connectivity index is 0.00000324. The molecule has 108 valence electrons. The van der Waals surface area contributed by atoms with Gasteiger partial charge in [-0.1, -0.05) is 30.7 Å². The van der Waals surface area contributed by atoms with Crippen LogP contribution in [0.25, 0.3) is 0 Å². The standard InChI is InChI=1S/C14H22ClN3.HI/c1-3-9-17-14(16-4-2)18-10-8-12-6-5-7-13(15)11-12;/h5-7,11H,3-4,8-10H2,1-2H3,(H2,16,17,18);1H. The highest BCUT2D eigenvalue weighted by Gasteiger charge is 1.97. The average molecular weight is 396 g/mol. The normalized spacial score (nSPS) is 10.8. The van der Waals surface area contributed by atoms with E-state index in [2.05, 4.69) is 35.5 Å². The van der Waals surface area contributed by atoms with Crippen LogP contribution in [-0.4, -0.2) is 25.6 Å². The highest BCUT2D eigenvalue weighted by Crippen LogP contribution is 2.10. The van der Waals surface area contributed by atoms with Gasteiger partial charge in [-0.05, 0) is 37.5 Å². The van der Waals surface area contributed by atoms with Crippen LogP contribution in [0.15, 0.2) is 29.3 Å². The highest BCUT2D eigenvalue weighted by atomic mass is 127. The summed E-state index contributed by atoms with van der Waals surface area (Å²) in [6.45, 7) is 6.79. The molecule has 0 unspecified atom stereocenters. The molecular formula is C14H23ClIN3. The van der Waals surface area contributed by atoms with Crippen molar-refractivity contribution in [1.82, 2.24) is 10.6 Å². The summed E-state index contributed by atoms with van der Waals surface area (Å²) in [5.41, 5.74) is 1.24. The SMILES string of the molecule is CCCN=C(NCC)NCCc1cccc(Cl)c1.I. The summed E-state index contributed by atoms with van der Waals surface area (Å²) in [6.07, 6.45) is 2.00. The molecule has 0 aliphatic carbocycles. The number of hydrogen-bond donors (Lipinski definition) is 2. The van der Waals surface area contributed by atoms with Gasteiger partial charge in [0.2, 0.25) is 0 Å². The summed E-state index contributed by atoms with van der Waals surface area (Å²) in [5, 5.41) is 7.34. The van der Waals surface area contributed by atoms with Crippen molar-refractivity contribution in [3.05, 3.63) is 34.9 Å². The lowest BCUT2D eigenvalue weighted by Crippen LogP contribution is -2.38. The molecule has 2 N–H and O–H groups in total. The molecule has 5 heteroatoms. The van der Waals surface area contributed by atoms with E-state index < -0.39 is 0 Å². The second-order valence-corrected chi connectivity index (χ2v) is 4.50. The van der Waals surface area contributed by atoms with Crippen LogP contribution in [0.4, 0.5) is 0 Å². The van der Waals surface area contributed by atoms with Gasteiger partial charge in [-0.25, -0.2) is 0 Å². The van der Waals surface area contributed by atoms with Gasteiger partial charge in [0.15, 0.2) is 5.96 Å². The summed E-state index contributed by atoms with van der Waals surface area (Å²) in [7, 11) is 0. The number of nitrogens with zero attached hydrogens (tertiary/aromatic N) is 1. The van der Waals surface area contributed by atoms with E-state index in [0.717, 1.165) is 43.5 Å². The van der Waals surface area contributed by atoms with E-state index in [4.69, 9.17) is 11.6 Å². The van der Waals surface area contributed by atoms with E-state index in [-0.39, 0.29) is 24.0 Å². The van der Waals surface area contributed by atoms with Gasteiger partial charge in [0.1, 0.15) is 0 Å². The first kappa shape index (κ1) is 18.5. The lowest BCUT2D eigenvalue weighted by Gasteiger charge is -2.11. The van der Waals surface area contributed by atoms with E-state index in [0.29, 0.717) is 0 Å². The summed E-state index contributed by atoms with van der Waals surface area (Å²) < 4.78 is 0. The number of rotatable bonds is 6. The third kappa shape index (κ3) is 8.31. The zero-order valence-corrected chi connectivity index (χ0v) is 14.7. The van der Waals surface area contributed by atoms with Gasteiger partial charge in [0, 0.05) is 24.7 Å². The summed E-state index contributed by atoms with van der Waals surface area (Å²) >= 11 is 5.95. The molecule has 0 saturated heterocycles. The smallest absolute Gasteiger partial charge is 0.191 e. The molecule has 0 aromatic heterocycles. The van der Waals surface area contributed by atoms with Crippen molar-refractivity contribution < 1.29 is 0 Å². The van der Waals surface area contributed by atoms with E-state index in [1.54, 1.807) is 0 Å². The van der Waals surface area contributed by atoms with Gasteiger partial charge in [-0.15, -0.1) is 24.0 Å². The number of halogens is 2. The van der Waals surface area contributed by atoms with Crippen LogP contribution in [0.2, 0.25) is 5.02 Å². The Kier molecular flexibility index (Phi) is 11.1. The minimum absolute atomic E-state index is 0. The van der Waals surface area contributed by atoms with Crippen molar-refractivity contribution in [1.29, 1.82) is 0 Å². The van der Waals surface area contributed by atoms with Crippen LogP contribution in [0, 0.1) is 0 Å². The largest absolute Gasteiger partial charge is 0.357 e. The lowest BCUT2D eigenvalue weighted by atomic mass is 10.1. The molecule has 0 saturated carbocycles. The van der Waals surface area contributed by atoms with E-state index >= 15 is 0 Å². The van der Waals surface area contributed by atoms with Crippen LogP contribution in [0.3, 0.4) is 0 Å². The monoisotopic (exact) mass is 395 g/mol. The molecule has 0 heterocycles. The van der Waals surface area contributed by atoms with Crippen LogP contribution >= 0.6 is 35.6 Å². The fourth-order valence-electron chi connectivity index (χ4n) is 1.58. The van der Waals surface area contributed by atoms with Crippen molar-refractivity contribution in [2.45, 2.75) is 26.7 Å². The molecule has 1 aromatic carbocycles. The molecule has 19 heavy (non-hydrogen) atoms. The topological polar surface area (TPSA) is 36.4 Å². The maximum atomic E-state index is 5.95. The Morgan fingerprint density at radius 1 is 1.26 bits per heavy atom. The highest BCUT2D eigenvalue weighted by molar-refractivity contribution is 14.0. The molecule has 0 radical (unpaired) electrons. The third-order valence-electron chi connectivity index (χ3n) is 2.43. The molecule has 0 bridgehead atoms. The van der Waals surface area contributed by atoms with Crippen molar-refractivity contribution in [2.24, 2.45) is 4.99 Å². The molecule has 0 atom stereocenters. The Morgan fingerprint density at radius 2 is 2.05 bits per heavy atom. The van der Waals surface area contributed by atoms with Gasteiger partial charge in [0.25, 0.3) is 0 Å². The Hall–Kier alpha value is -0.490. The van der Waals surface area contributed by atoms with E-state index in [1.165, 1.54) is 5.56 Å². The molecule has 0 amide bonds. The van der Waals surface area contributed by atoms with Crippen molar-refractivity contribution in [3.8, 4) is 0 Å². The average Bonchev–Trinajstić information content (AvgIpc) is 2.36. The van der Waals surface area contributed by atoms with Gasteiger partial charge >= 0.3 is 0 Å². The lowest BCUT2D eigenvalue weighted by molar-refractivity contribution is 0.793. The predicted molar refractivity (Wildman–Crippen MR) is 94.8 cm³/mol. The van der Waals surface area contributed by atoms with Gasteiger partial charge in [-0.3, -0.25) is 4.99 Å². The number of guanidine groups is 1. The summed E-state index contributed by atoms with van der Waals surface area (Å²) in [4.78, 5) is 4.45. The first-order chi connectivity index (χ1) is 8.76. The minimum atomic E-state index is 0. The number of hydrogen-bond acceptors (Lipinski definition) is 1. The minimum Gasteiger partial charge on any atom is -0.357 e. The second kappa shape index (κ2) is 11.3. The summed E-state index contributed by atoms with van der Waals surface area (Å²) in [6, 6.07) is 7.96. The number of aliphatic imine (C=N–C) groups is 1. The molecule has 0 aliphatic heterocycles. The zero-order chi connectivity index (χ0) is 13.2. The maximum absolute atomic E-state index is 5.95.